The zero-order chi connectivity index (χ0) is 18.7. The van der Waals surface area contributed by atoms with Gasteiger partial charge in [-0.2, -0.15) is 4.31 Å². The highest BCUT2D eigenvalue weighted by Gasteiger charge is 2.29. The van der Waals surface area contributed by atoms with Gasteiger partial charge in [0.2, 0.25) is 21.1 Å². The van der Waals surface area contributed by atoms with Gasteiger partial charge in [-0.25, -0.2) is 8.42 Å². The first-order valence-corrected chi connectivity index (χ1v) is 10.6. The molecule has 0 unspecified atom stereocenters. The van der Waals surface area contributed by atoms with Crippen molar-refractivity contribution in [2.24, 2.45) is 0 Å². The number of aromatic nitrogens is 2. The van der Waals surface area contributed by atoms with E-state index in [1.165, 1.54) is 27.8 Å². The highest BCUT2D eigenvalue weighted by atomic mass is 35.5. The summed E-state index contributed by atoms with van der Waals surface area (Å²) in [6.07, 6.45) is 0. The lowest BCUT2D eigenvalue weighted by Crippen LogP contribution is -2.50. The van der Waals surface area contributed by atoms with Crippen LogP contribution in [0.3, 0.4) is 0 Å². The minimum absolute atomic E-state index is 0.185. The van der Waals surface area contributed by atoms with Crippen LogP contribution in [-0.4, -0.2) is 66.5 Å². The summed E-state index contributed by atoms with van der Waals surface area (Å²) >= 11 is 7.12. The Morgan fingerprint density at radius 2 is 1.85 bits per heavy atom. The smallest absolute Gasteiger partial charge is 0.243 e. The molecular formula is C15H18ClN5O3S2. The van der Waals surface area contributed by atoms with Crippen LogP contribution in [0.2, 0.25) is 5.02 Å². The maximum atomic E-state index is 12.6. The van der Waals surface area contributed by atoms with Gasteiger partial charge < -0.3 is 0 Å². The van der Waals surface area contributed by atoms with Crippen molar-refractivity contribution in [2.75, 3.05) is 38.0 Å². The number of anilines is 1. The van der Waals surface area contributed by atoms with Crippen molar-refractivity contribution in [1.29, 1.82) is 0 Å². The molecule has 11 heteroatoms. The van der Waals surface area contributed by atoms with Crippen LogP contribution in [-0.2, 0) is 14.8 Å². The van der Waals surface area contributed by atoms with E-state index >= 15 is 0 Å². The highest BCUT2D eigenvalue weighted by Crippen LogP contribution is 2.20. The van der Waals surface area contributed by atoms with Crippen molar-refractivity contribution in [3.8, 4) is 0 Å². The zero-order valence-corrected chi connectivity index (χ0v) is 16.4. The van der Waals surface area contributed by atoms with Crippen molar-refractivity contribution in [3.63, 3.8) is 0 Å². The molecule has 1 aliphatic rings. The summed E-state index contributed by atoms with van der Waals surface area (Å²) in [4.78, 5) is 14.2. The number of carbonyl (C=O) groups excluding carboxylic acids is 1. The summed E-state index contributed by atoms with van der Waals surface area (Å²) in [7, 11) is -3.55. The molecule has 26 heavy (non-hydrogen) atoms. The molecule has 1 aliphatic heterocycles. The second-order valence-electron chi connectivity index (χ2n) is 5.81. The van der Waals surface area contributed by atoms with E-state index in [4.69, 9.17) is 11.6 Å². The molecule has 0 bridgehead atoms. The van der Waals surface area contributed by atoms with Crippen molar-refractivity contribution in [2.45, 2.75) is 11.8 Å². The van der Waals surface area contributed by atoms with Crippen LogP contribution in [0.5, 0.6) is 0 Å². The summed E-state index contributed by atoms with van der Waals surface area (Å²) < 4.78 is 26.7. The van der Waals surface area contributed by atoms with Gasteiger partial charge >= 0.3 is 0 Å². The number of nitrogens with zero attached hydrogens (tertiary/aromatic N) is 4. The first-order chi connectivity index (χ1) is 12.3. The SMILES string of the molecule is Cc1nnc(NC(=O)CN2CCN(S(=O)(=O)c3ccc(Cl)cc3)CC2)s1. The number of halogens is 1. The first kappa shape index (κ1) is 19.2. The Kier molecular flexibility index (Phi) is 5.88. The third kappa shape index (κ3) is 4.57. The Hall–Kier alpha value is -1.59. The van der Waals surface area contributed by atoms with E-state index in [1.807, 2.05) is 11.8 Å². The van der Waals surface area contributed by atoms with Gasteiger partial charge in [0.05, 0.1) is 11.4 Å². The number of piperazine rings is 1. The number of sulfonamides is 1. The van der Waals surface area contributed by atoms with Crippen LogP contribution >= 0.6 is 22.9 Å². The van der Waals surface area contributed by atoms with Crippen LogP contribution in [0.4, 0.5) is 5.13 Å². The Labute approximate surface area is 160 Å². The number of carbonyl (C=O) groups is 1. The Balaban J connectivity index is 1.53. The Morgan fingerprint density at radius 3 is 2.42 bits per heavy atom. The molecule has 0 aliphatic carbocycles. The summed E-state index contributed by atoms with van der Waals surface area (Å²) in [6.45, 7) is 3.62. The predicted molar refractivity (Wildman–Crippen MR) is 99.9 cm³/mol. The summed E-state index contributed by atoms with van der Waals surface area (Å²) in [5.74, 6) is -0.185. The Morgan fingerprint density at radius 1 is 1.19 bits per heavy atom. The van der Waals surface area contributed by atoms with E-state index in [0.29, 0.717) is 36.3 Å². The standard InChI is InChI=1S/C15H18ClN5O3S2/c1-11-18-19-15(25-11)17-14(22)10-20-6-8-21(9-7-20)26(23,24)13-4-2-12(16)3-5-13/h2-5H,6-10H2,1H3,(H,17,19,22). The maximum Gasteiger partial charge on any atom is 0.243 e. The average molecular weight is 416 g/mol. The molecule has 8 nitrogen and oxygen atoms in total. The number of benzene rings is 1. The number of hydrogen-bond acceptors (Lipinski definition) is 7. The topological polar surface area (TPSA) is 95.5 Å². The quantitative estimate of drug-likeness (QED) is 0.793. The van der Waals surface area contributed by atoms with Gasteiger partial charge in [-0.3, -0.25) is 15.0 Å². The highest BCUT2D eigenvalue weighted by molar-refractivity contribution is 7.89. The van der Waals surface area contributed by atoms with Gasteiger partial charge in [0.1, 0.15) is 5.01 Å². The second kappa shape index (κ2) is 7.97. The molecule has 1 aromatic carbocycles. The average Bonchev–Trinajstić information content (AvgIpc) is 3.00. The van der Waals surface area contributed by atoms with E-state index in [9.17, 15) is 13.2 Å². The van der Waals surface area contributed by atoms with Crippen LogP contribution in [0.25, 0.3) is 0 Å². The number of amides is 1. The number of rotatable bonds is 5. The van der Waals surface area contributed by atoms with Crippen molar-refractivity contribution in [1.82, 2.24) is 19.4 Å². The first-order valence-electron chi connectivity index (χ1n) is 7.92. The summed E-state index contributed by atoms with van der Waals surface area (Å²) in [6, 6.07) is 6.12. The lowest BCUT2D eigenvalue weighted by atomic mass is 10.3. The largest absolute Gasteiger partial charge is 0.299 e. The fraction of sp³-hybridized carbons (Fsp3) is 0.400. The molecule has 1 N–H and O–H groups in total. The monoisotopic (exact) mass is 415 g/mol. The Bertz CT molecular complexity index is 877. The van der Waals surface area contributed by atoms with Crippen LogP contribution in [0, 0.1) is 6.92 Å². The van der Waals surface area contributed by atoms with Gasteiger partial charge in [-0.1, -0.05) is 22.9 Å². The number of nitrogens with one attached hydrogen (secondary N) is 1. The minimum Gasteiger partial charge on any atom is -0.299 e. The van der Waals surface area contributed by atoms with Crippen LogP contribution in [0.15, 0.2) is 29.2 Å². The molecule has 1 saturated heterocycles. The molecule has 140 valence electrons. The van der Waals surface area contributed by atoms with E-state index in [-0.39, 0.29) is 17.3 Å². The molecule has 1 fully saturated rings. The zero-order valence-electron chi connectivity index (χ0n) is 14.1. The fourth-order valence-electron chi connectivity index (χ4n) is 2.59. The molecule has 1 aromatic heterocycles. The lowest BCUT2D eigenvalue weighted by Gasteiger charge is -2.33. The third-order valence-electron chi connectivity index (χ3n) is 3.92. The summed E-state index contributed by atoms with van der Waals surface area (Å²) in [5, 5.41) is 12.1. The third-order valence-corrected chi connectivity index (χ3v) is 6.84. The molecule has 2 aromatic rings. The molecule has 0 atom stereocenters. The molecular weight excluding hydrogens is 398 g/mol. The normalized spacial score (nSPS) is 16.5. The predicted octanol–water partition coefficient (Wildman–Crippen LogP) is 1.44. The molecule has 0 spiro atoms. The van der Waals surface area contributed by atoms with E-state index in [2.05, 4.69) is 15.5 Å². The van der Waals surface area contributed by atoms with Crippen LogP contribution in [0.1, 0.15) is 5.01 Å². The van der Waals surface area contributed by atoms with E-state index in [0.717, 1.165) is 5.01 Å². The molecule has 1 amide bonds. The molecule has 0 saturated carbocycles. The second-order valence-corrected chi connectivity index (χ2v) is 9.36. The molecule has 2 heterocycles. The summed E-state index contributed by atoms with van der Waals surface area (Å²) in [5.41, 5.74) is 0. The molecule has 0 radical (unpaired) electrons. The van der Waals surface area contributed by atoms with Gasteiger partial charge in [0.25, 0.3) is 0 Å². The van der Waals surface area contributed by atoms with Crippen molar-refractivity contribution < 1.29 is 13.2 Å². The fourth-order valence-corrected chi connectivity index (χ4v) is 4.75. The molecule has 3 rings (SSSR count). The van der Waals surface area contributed by atoms with Crippen molar-refractivity contribution in [3.05, 3.63) is 34.3 Å². The van der Waals surface area contributed by atoms with Gasteiger partial charge in [-0.15, -0.1) is 10.2 Å². The minimum atomic E-state index is -3.55. The lowest BCUT2D eigenvalue weighted by molar-refractivity contribution is -0.117. The van der Waals surface area contributed by atoms with Gasteiger partial charge in [-0.05, 0) is 31.2 Å². The van der Waals surface area contributed by atoms with Gasteiger partial charge in [0.15, 0.2) is 0 Å². The van der Waals surface area contributed by atoms with E-state index < -0.39 is 10.0 Å². The maximum absolute atomic E-state index is 12.6. The van der Waals surface area contributed by atoms with E-state index in [1.54, 1.807) is 12.1 Å². The number of hydrogen-bond donors (Lipinski definition) is 1. The number of aryl methyl sites for hydroxylation is 1. The van der Waals surface area contributed by atoms with Crippen molar-refractivity contribution >= 4 is 44.0 Å². The van der Waals surface area contributed by atoms with Crippen LogP contribution < -0.4 is 5.32 Å². The van der Waals surface area contributed by atoms with Gasteiger partial charge in [0, 0.05) is 31.2 Å².